The highest BCUT2D eigenvalue weighted by molar-refractivity contribution is 7.90. The molecule has 2 rings (SSSR count). The number of halogens is 1. The van der Waals surface area contributed by atoms with E-state index in [0.29, 0.717) is 0 Å². The molecule has 6 nitrogen and oxygen atoms in total. The van der Waals surface area contributed by atoms with Gasteiger partial charge in [-0.2, -0.15) is 10.5 Å². The van der Waals surface area contributed by atoms with E-state index in [0.717, 1.165) is 18.4 Å². The Kier molecular flexibility index (Phi) is 4.63. The largest absolute Gasteiger partial charge is 0.322 e. The molecular formula is C16H10FN3O3S. The maximum Gasteiger partial charge on any atom is 0.257 e. The van der Waals surface area contributed by atoms with Gasteiger partial charge in [-0.1, -0.05) is 0 Å². The Bertz CT molecular complexity index is 1020. The van der Waals surface area contributed by atoms with Crippen LogP contribution in [0.3, 0.4) is 0 Å². The minimum absolute atomic E-state index is 0.0540. The minimum Gasteiger partial charge on any atom is -0.322 e. The maximum absolute atomic E-state index is 13.6. The highest BCUT2D eigenvalue weighted by atomic mass is 32.2. The van der Waals surface area contributed by atoms with Crippen LogP contribution < -0.4 is 5.32 Å². The summed E-state index contributed by atoms with van der Waals surface area (Å²) in [5, 5.41) is 19.9. The van der Waals surface area contributed by atoms with E-state index >= 15 is 0 Å². The number of anilines is 1. The van der Waals surface area contributed by atoms with Crippen molar-refractivity contribution in [3.8, 4) is 12.1 Å². The van der Waals surface area contributed by atoms with Crippen LogP contribution in [0.2, 0.25) is 0 Å². The molecule has 0 atom stereocenters. The first-order valence-corrected chi connectivity index (χ1v) is 8.40. The maximum atomic E-state index is 13.6. The van der Waals surface area contributed by atoms with Crippen LogP contribution in [-0.4, -0.2) is 20.6 Å². The van der Waals surface area contributed by atoms with Crippen molar-refractivity contribution in [1.82, 2.24) is 0 Å². The van der Waals surface area contributed by atoms with Gasteiger partial charge in [-0.15, -0.1) is 0 Å². The molecular weight excluding hydrogens is 333 g/mol. The number of nitriles is 2. The lowest BCUT2D eigenvalue weighted by molar-refractivity contribution is 0.102. The fraction of sp³-hybridized carbons (Fsp3) is 0.0625. The Hall–Kier alpha value is -3.23. The highest BCUT2D eigenvalue weighted by Crippen LogP contribution is 2.20. The summed E-state index contributed by atoms with van der Waals surface area (Å²) in [6, 6.07) is 10.5. The van der Waals surface area contributed by atoms with Gasteiger partial charge in [0.25, 0.3) is 5.91 Å². The topological polar surface area (TPSA) is 111 Å². The van der Waals surface area contributed by atoms with E-state index in [2.05, 4.69) is 5.32 Å². The van der Waals surface area contributed by atoms with Gasteiger partial charge in [0.1, 0.15) is 11.9 Å². The van der Waals surface area contributed by atoms with Gasteiger partial charge >= 0.3 is 0 Å². The van der Waals surface area contributed by atoms with Crippen LogP contribution in [-0.2, 0) is 9.84 Å². The number of rotatable bonds is 3. The van der Waals surface area contributed by atoms with Crippen molar-refractivity contribution in [2.45, 2.75) is 4.90 Å². The molecule has 0 aromatic heterocycles. The molecule has 0 spiro atoms. The van der Waals surface area contributed by atoms with Crippen molar-refractivity contribution in [2.24, 2.45) is 0 Å². The second kappa shape index (κ2) is 6.49. The molecule has 0 unspecified atom stereocenters. The third-order valence-electron chi connectivity index (χ3n) is 3.10. The van der Waals surface area contributed by atoms with Gasteiger partial charge in [0.15, 0.2) is 9.84 Å². The summed E-state index contributed by atoms with van der Waals surface area (Å²) in [4.78, 5) is 12.1. The van der Waals surface area contributed by atoms with Gasteiger partial charge in [0, 0.05) is 11.9 Å². The molecule has 0 saturated carbocycles. The fourth-order valence-electron chi connectivity index (χ4n) is 1.98. The van der Waals surface area contributed by atoms with E-state index in [9.17, 15) is 17.6 Å². The number of nitrogens with zero attached hydrogens (tertiary/aromatic N) is 2. The van der Waals surface area contributed by atoms with E-state index in [1.165, 1.54) is 24.3 Å². The van der Waals surface area contributed by atoms with Crippen molar-refractivity contribution >= 4 is 21.4 Å². The predicted molar refractivity (Wildman–Crippen MR) is 83.3 cm³/mol. The molecule has 0 fully saturated rings. The first-order chi connectivity index (χ1) is 11.3. The molecule has 24 heavy (non-hydrogen) atoms. The second-order valence-electron chi connectivity index (χ2n) is 4.86. The fourth-order valence-corrected chi connectivity index (χ4v) is 2.85. The second-order valence-corrected chi connectivity index (χ2v) is 6.84. The minimum atomic E-state index is -3.70. The standard InChI is InChI=1S/C16H10FN3O3S/c1-24(22,23)15-5-2-10(8-18)6-13(15)16(21)20-12-4-3-11(9-19)14(17)7-12/h2-7H,1H3,(H,20,21). The number of carbonyl (C=O) groups is 1. The van der Waals surface area contributed by atoms with Crippen LogP contribution in [0.15, 0.2) is 41.3 Å². The smallest absolute Gasteiger partial charge is 0.257 e. The Morgan fingerprint density at radius 3 is 2.38 bits per heavy atom. The van der Waals surface area contributed by atoms with Crippen LogP contribution in [0.5, 0.6) is 0 Å². The van der Waals surface area contributed by atoms with E-state index in [1.807, 2.05) is 6.07 Å². The lowest BCUT2D eigenvalue weighted by atomic mass is 10.1. The molecule has 0 bridgehead atoms. The monoisotopic (exact) mass is 343 g/mol. The zero-order valence-corrected chi connectivity index (χ0v) is 13.2. The third kappa shape index (κ3) is 3.57. The molecule has 1 amide bonds. The quantitative estimate of drug-likeness (QED) is 0.918. The highest BCUT2D eigenvalue weighted by Gasteiger charge is 2.20. The third-order valence-corrected chi connectivity index (χ3v) is 4.26. The summed E-state index contributed by atoms with van der Waals surface area (Å²) in [6.45, 7) is 0. The van der Waals surface area contributed by atoms with Gasteiger partial charge in [0.2, 0.25) is 0 Å². The summed E-state index contributed by atoms with van der Waals surface area (Å²) in [7, 11) is -3.70. The number of hydrogen-bond acceptors (Lipinski definition) is 5. The van der Waals surface area contributed by atoms with Gasteiger partial charge in [0.05, 0.1) is 27.7 Å². The first-order valence-electron chi connectivity index (χ1n) is 6.51. The predicted octanol–water partition coefficient (Wildman–Crippen LogP) is 2.22. The van der Waals surface area contributed by atoms with Crippen LogP contribution in [0.25, 0.3) is 0 Å². The summed E-state index contributed by atoms with van der Waals surface area (Å²) >= 11 is 0. The average molecular weight is 343 g/mol. The Morgan fingerprint density at radius 2 is 1.83 bits per heavy atom. The van der Waals surface area contributed by atoms with Crippen molar-refractivity contribution in [3.63, 3.8) is 0 Å². The molecule has 0 aliphatic rings. The lowest BCUT2D eigenvalue weighted by Gasteiger charge is -2.10. The van der Waals surface area contributed by atoms with Gasteiger partial charge < -0.3 is 5.32 Å². The van der Waals surface area contributed by atoms with Crippen LogP contribution in [0.4, 0.5) is 10.1 Å². The molecule has 2 aromatic carbocycles. The molecule has 0 heterocycles. The molecule has 120 valence electrons. The molecule has 1 N–H and O–H groups in total. The van der Waals surface area contributed by atoms with E-state index in [4.69, 9.17) is 10.5 Å². The van der Waals surface area contributed by atoms with E-state index in [-0.39, 0.29) is 27.3 Å². The average Bonchev–Trinajstić information content (AvgIpc) is 2.53. The first kappa shape index (κ1) is 17.1. The van der Waals surface area contributed by atoms with Crippen molar-refractivity contribution < 1.29 is 17.6 Å². The molecule has 0 radical (unpaired) electrons. The van der Waals surface area contributed by atoms with Gasteiger partial charge in [-0.3, -0.25) is 4.79 Å². The number of benzene rings is 2. The SMILES string of the molecule is CS(=O)(=O)c1ccc(C#N)cc1C(=O)Nc1ccc(C#N)c(F)c1. The van der Waals surface area contributed by atoms with Crippen LogP contribution in [0, 0.1) is 28.5 Å². The summed E-state index contributed by atoms with van der Waals surface area (Å²) < 4.78 is 37.2. The number of carbonyl (C=O) groups excluding carboxylic acids is 1. The van der Waals surface area contributed by atoms with E-state index < -0.39 is 21.6 Å². The zero-order valence-electron chi connectivity index (χ0n) is 12.4. The number of hydrogen-bond donors (Lipinski definition) is 1. The Morgan fingerprint density at radius 1 is 1.12 bits per heavy atom. The number of nitrogens with one attached hydrogen (secondary N) is 1. The summed E-state index contributed by atoms with van der Waals surface area (Å²) in [6.07, 6.45) is 0.937. The van der Waals surface area contributed by atoms with E-state index in [1.54, 1.807) is 6.07 Å². The molecule has 8 heteroatoms. The van der Waals surface area contributed by atoms with Gasteiger partial charge in [-0.25, -0.2) is 12.8 Å². The molecule has 2 aromatic rings. The van der Waals surface area contributed by atoms with Crippen LogP contribution >= 0.6 is 0 Å². The zero-order chi connectivity index (χ0) is 17.9. The number of sulfone groups is 1. The normalized spacial score (nSPS) is 10.5. The number of amides is 1. The Labute approximate surface area is 137 Å². The Balaban J connectivity index is 2.45. The van der Waals surface area contributed by atoms with Crippen molar-refractivity contribution in [1.29, 1.82) is 10.5 Å². The lowest BCUT2D eigenvalue weighted by Crippen LogP contribution is -2.16. The summed E-state index contributed by atoms with van der Waals surface area (Å²) in [5.74, 6) is -1.62. The molecule has 0 saturated heterocycles. The van der Waals surface area contributed by atoms with Crippen LogP contribution in [0.1, 0.15) is 21.5 Å². The van der Waals surface area contributed by atoms with Gasteiger partial charge in [-0.05, 0) is 36.4 Å². The van der Waals surface area contributed by atoms with Crippen molar-refractivity contribution in [3.05, 3.63) is 58.9 Å². The summed E-state index contributed by atoms with van der Waals surface area (Å²) in [5.41, 5.74) is -0.241. The molecule has 0 aliphatic carbocycles. The van der Waals surface area contributed by atoms with Crippen molar-refractivity contribution in [2.75, 3.05) is 11.6 Å². The molecule has 0 aliphatic heterocycles.